The second-order valence-electron chi connectivity index (χ2n) is 7.46. The van der Waals surface area contributed by atoms with Gasteiger partial charge in [-0.1, -0.05) is 11.6 Å². The Balaban J connectivity index is 1.46. The van der Waals surface area contributed by atoms with Gasteiger partial charge in [-0.3, -0.25) is 19.7 Å². The van der Waals surface area contributed by atoms with E-state index in [1.165, 1.54) is 23.1 Å². The van der Waals surface area contributed by atoms with Crippen molar-refractivity contribution < 1.29 is 24.0 Å². The van der Waals surface area contributed by atoms with Crippen molar-refractivity contribution in [2.75, 3.05) is 31.7 Å². The molecule has 0 aromatic heterocycles. The van der Waals surface area contributed by atoms with Gasteiger partial charge >= 0.3 is 0 Å². The average molecular weight is 446 g/mol. The van der Waals surface area contributed by atoms with Crippen LogP contribution in [-0.2, 0) is 16.1 Å². The van der Waals surface area contributed by atoms with E-state index in [4.69, 9.17) is 21.1 Å². The molecule has 1 saturated heterocycles. The van der Waals surface area contributed by atoms with E-state index in [1.54, 1.807) is 30.1 Å². The lowest BCUT2D eigenvalue weighted by Crippen LogP contribution is -2.34. The third-order valence-corrected chi connectivity index (χ3v) is 5.70. The Hall–Kier alpha value is -3.33. The largest absolute Gasteiger partial charge is 0.486 e. The number of nitro groups is 1. The van der Waals surface area contributed by atoms with Crippen LogP contribution < -0.4 is 14.4 Å². The second kappa shape index (κ2) is 8.43. The summed E-state index contributed by atoms with van der Waals surface area (Å²) in [5, 5.41) is 11.4. The zero-order valence-corrected chi connectivity index (χ0v) is 17.5. The third kappa shape index (κ3) is 4.27. The minimum Gasteiger partial charge on any atom is -0.486 e. The van der Waals surface area contributed by atoms with E-state index >= 15 is 0 Å². The van der Waals surface area contributed by atoms with Crippen LogP contribution in [0.5, 0.6) is 11.5 Å². The number of ether oxygens (including phenoxy) is 2. The SMILES string of the molecule is CN(Cc1cc([N+](=O)[O-])ccc1Cl)C(=O)[C@H]1CC(=O)N(c2ccc3c(c2)OCCO3)C1. The molecule has 2 aliphatic heterocycles. The molecule has 1 fully saturated rings. The quantitative estimate of drug-likeness (QED) is 0.517. The molecule has 10 heteroatoms. The standard InChI is InChI=1S/C21H20ClN3O6/c1-23(11-13-8-16(25(28)29)2-4-17(13)22)21(27)14-9-20(26)24(12-14)15-3-5-18-19(10-15)31-7-6-30-18/h2-5,8,10,14H,6-7,9,11-12H2,1H3/t14-/m0/s1. The van der Waals surface area contributed by atoms with Gasteiger partial charge in [-0.2, -0.15) is 0 Å². The van der Waals surface area contributed by atoms with Gasteiger partial charge < -0.3 is 19.3 Å². The van der Waals surface area contributed by atoms with Gasteiger partial charge in [0.15, 0.2) is 11.5 Å². The van der Waals surface area contributed by atoms with Crippen LogP contribution in [0, 0.1) is 16.0 Å². The minimum atomic E-state index is -0.525. The van der Waals surface area contributed by atoms with Crippen LogP contribution in [0.25, 0.3) is 0 Å². The predicted molar refractivity (Wildman–Crippen MR) is 112 cm³/mol. The van der Waals surface area contributed by atoms with Crippen LogP contribution in [0.4, 0.5) is 11.4 Å². The molecular weight excluding hydrogens is 426 g/mol. The Morgan fingerprint density at radius 2 is 1.97 bits per heavy atom. The number of amides is 2. The summed E-state index contributed by atoms with van der Waals surface area (Å²) < 4.78 is 11.1. The first-order valence-corrected chi connectivity index (χ1v) is 10.1. The van der Waals surface area contributed by atoms with E-state index in [1.807, 2.05) is 0 Å². The van der Waals surface area contributed by atoms with Crippen molar-refractivity contribution in [1.82, 2.24) is 4.90 Å². The fourth-order valence-electron chi connectivity index (χ4n) is 3.76. The molecule has 4 rings (SSSR count). The molecule has 0 bridgehead atoms. The number of nitro benzene ring substituents is 1. The summed E-state index contributed by atoms with van der Waals surface area (Å²) in [6.45, 7) is 1.27. The molecule has 2 aliphatic rings. The number of halogens is 1. The van der Waals surface area contributed by atoms with E-state index in [0.717, 1.165) is 0 Å². The van der Waals surface area contributed by atoms with Crippen LogP contribution in [0.15, 0.2) is 36.4 Å². The van der Waals surface area contributed by atoms with E-state index < -0.39 is 10.8 Å². The van der Waals surface area contributed by atoms with Crippen LogP contribution in [-0.4, -0.2) is 48.4 Å². The van der Waals surface area contributed by atoms with E-state index in [-0.39, 0.29) is 37.0 Å². The zero-order chi connectivity index (χ0) is 22.1. The highest BCUT2D eigenvalue weighted by atomic mass is 35.5. The summed E-state index contributed by atoms with van der Waals surface area (Å²) in [6, 6.07) is 9.37. The van der Waals surface area contributed by atoms with Crippen molar-refractivity contribution in [1.29, 1.82) is 0 Å². The molecule has 0 unspecified atom stereocenters. The van der Waals surface area contributed by atoms with Crippen LogP contribution in [0.1, 0.15) is 12.0 Å². The van der Waals surface area contributed by atoms with E-state index in [0.29, 0.717) is 41.0 Å². The summed E-state index contributed by atoms with van der Waals surface area (Å²) in [5.74, 6) is 0.294. The van der Waals surface area contributed by atoms with Crippen molar-refractivity contribution in [2.45, 2.75) is 13.0 Å². The van der Waals surface area contributed by atoms with Crippen molar-refractivity contribution in [3.63, 3.8) is 0 Å². The molecule has 31 heavy (non-hydrogen) atoms. The number of rotatable bonds is 5. The first-order chi connectivity index (χ1) is 14.8. The maximum Gasteiger partial charge on any atom is 0.269 e. The number of carbonyl (C=O) groups is 2. The fraction of sp³-hybridized carbons (Fsp3) is 0.333. The van der Waals surface area contributed by atoms with Crippen molar-refractivity contribution in [3.8, 4) is 11.5 Å². The maximum absolute atomic E-state index is 13.0. The number of hydrogen-bond acceptors (Lipinski definition) is 6. The monoisotopic (exact) mass is 445 g/mol. The first kappa shape index (κ1) is 20.9. The highest BCUT2D eigenvalue weighted by Gasteiger charge is 2.37. The Kier molecular flexibility index (Phi) is 5.69. The van der Waals surface area contributed by atoms with Crippen molar-refractivity contribution in [2.24, 2.45) is 5.92 Å². The molecule has 0 N–H and O–H groups in total. The van der Waals surface area contributed by atoms with Gasteiger partial charge in [0.25, 0.3) is 5.69 Å². The highest BCUT2D eigenvalue weighted by molar-refractivity contribution is 6.31. The molecule has 9 nitrogen and oxygen atoms in total. The van der Waals surface area contributed by atoms with Gasteiger partial charge in [-0.05, 0) is 23.8 Å². The number of hydrogen-bond donors (Lipinski definition) is 0. The van der Waals surface area contributed by atoms with Crippen LogP contribution in [0.2, 0.25) is 5.02 Å². The lowest BCUT2D eigenvalue weighted by atomic mass is 10.1. The van der Waals surface area contributed by atoms with Crippen molar-refractivity contribution in [3.05, 3.63) is 57.1 Å². The van der Waals surface area contributed by atoms with Gasteiger partial charge in [0.05, 0.1) is 10.8 Å². The molecule has 2 amide bonds. The number of anilines is 1. The summed E-state index contributed by atoms with van der Waals surface area (Å²) in [4.78, 5) is 39.1. The van der Waals surface area contributed by atoms with Gasteiger partial charge in [-0.15, -0.1) is 0 Å². The summed E-state index contributed by atoms with van der Waals surface area (Å²) >= 11 is 6.15. The summed E-state index contributed by atoms with van der Waals surface area (Å²) in [5.41, 5.74) is 1.02. The Morgan fingerprint density at radius 3 is 2.71 bits per heavy atom. The molecule has 0 saturated carbocycles. The highest BCUT2D eigenvalue weighted by Crippen LogP contribution is 2.36. The van der Waals surface area contributed by atoms with Gasteiger partial charge in [-0.25, -0.2) is 0 Å². The first-order valence-electron chi connectivity index (χ1n) is 9.71. The van der Waals surface area contributed by atoms with Gasteiger partial charge in [0, 0.05) is 55.5 Å². The second-order valence-corrected chi connectivity index (χ2v) is 7.87. The molecule has 162 valence electrons. The molecule has 0 spiro atoms. The number of nitrogens with zero attached hydrogens (tertiary/aromatic N) is 3. The number of fused-ring (bicyclic) bond motifs is 1. The Bertz CT molecular complexity index is 1060. The van der Waals surface area contributed by atoms with Gasteiger partial charge in [0.2, 0.25) is 11.8 Å². The van der Waals surface area contributed by atoms with E-state index in [2.05, 4.69) is 0 Å². The van der Waals surface area contributed by atoms with Gasteiger partial charge in [0.1, 0.15) is 13.2 Å². The topological polar surface area (TPSA) is 102 Å². The molecule has 2 aromatic rings. The molecule has 0 radical (unpaired) electrons. The molecule has 2 heterocycles. The lowest BCUT2D eigenvalue weighted by Gasteiger charge is -2.23. The van der Waals surface area contributed by atoms with Crippen LogP contribution >= 0.6 is 11.6 Å². The molecular formula is C21H20ClN3O6. The normalized spacial score (nSPS) is 17.5. The maximum atomic E-state index is 13.0. The Morgan fingerprint density at radius 1 is 1.23 bits per heavy atom. The minimum absolute atomic E-state index is 0.0836. The summed E-state index contributed by atoms with van der Waals surface area (Å²) in [6.07, 6.45) is 0.0836. The van der Waals surface area contributed by atoms with Crippen LogP contribution in [0.3, 0.4) is 0 Å². The van der Waals surface area contributed by atoms with E-state index in [9.17, 15) is 19.7 Å². The molecule has 1 atom stereocenters. The van der Waals surface area contributed by atoms with Crippen molar-refractivity contribution >= 4 is 34.8 Å². The smallest absolute Gasteiger partial charge is 0.269 e. The zero-order valence-electron chi connectivity index (χ0n) is 16.7. The Labute approximate surface area is 183 Å². The number of carbonyl (C=O) groups excluding carboxylic acids is 2. The number of benzene rings is 2. The fourth-order valence-corrected chi connectivity index (χ4v) is 3.94. The summed E-state index contributed by atoms with van der Waals surface area (Å²) in [7, 11) is 1.59. The lowest BCUT2D eigenvalue weighted by molar-refractivity contribution is -0.384. The number of non-ortho nitro benzene ring substituents is 1. The predicted octanol–water partition coefficient (Wildman–Crippen LogP) is 3.03. The molecule has 2 aromatic carbocycles. The molecule has 0 aliphatic carbocycles. The third-order valence-electron chi connectivity index (χ3n) is 5.34. The average Bonchev–Trinajstić information content (AvgIpc) is 3.15.